The molecule has 118 valence electrons. The van der Waals surface area contributed by atoms with E-state index in [0.29, 0.717) is 3.95 Å². The zero-order valence-corrected chi connectivity index (χ0v) is 15.5. The third-order valence-corrected chi connectivity index (χ3v) is 5.53. The van der Waals surface area contributed by atoms with Gasteiger partial charge >= 0.3 is 0 Å². The number of aliphatic imine (C=N–C) groups is 1. The van der Waals surface area contributed by atoms with E-state index >= 15 is 0 Å². The standard InChI is InChI=1S/C18H11BrN2OS2/c19-12-6-7-15-14(9-12)11(10-20-15)8-16-17(22)21(18(23)24-16)13-4-2-1-3-5-13/h1-10,22H/b11-8-. The molecule has 0 spiro atoms. The summed E-state index contributed by atoms with van der Waals surface area (Å²) in [7, 11) is 0. The molecule has 0 amide bonds. The van der Waals surface area contributed by atoms with Gasteiger partial charge in [-0.1, -0.05) is 34.1 Å². The number of rotatable bonds is 2. The second kappa shape index (κ2) is 6.12. The summed E-state index contributed by atoms with van der Waals surface area (Å²) < 4.78 is 3.28. The number of thiazole rings is 1. The summed E-state index contributed by atoms with van der Waals surface area (Å²) in [6.45, 7) is 0. The molecule has 6 heteroatoms. The second-order valence-corrected chi connectivity index (χ2v) is 7.84. The number of allylic oxidation sites excluding steroid dienone is 1. The lowest BCUT2D eigenvalue weighted by Gasteiger charge is -2.04. The van der Waals surface area contributed by atoms with Crippen molar-refractivity contribution in [3.05, 3.63) is 67.4 Å². The van der Waals surface area contributed by atoms with Gasteiger partial charge in [0.2, 0.25) is 5.88 Å². The Morgan fingerprint density at radius 3 is 2.75 bits per heavy atom. The number of hydrogen-bond acceptors (Lipinski definition) is 4. The van der Waals surface area contributed by atoms with E-state index in [9.17, 15) is 5.11 Å². The van der Waals surface area contributed by atoms with Gasteiger partial charge in [-0.3, -0.25) is 9.56 Å². The van der Waals surface area contributed by atoms with Gasteiger partial charge in [0.25, 0.3) is 0 Å². The van der Waals surface area contributed by atoms with E-state index in [1.165, 1.54) is 11.3 Å². The number of para-hydroxylation sites is 1. The zero-order valence-electron chi connectivity index (χ0n) is 12.3. The summed E-state index contributed by atoms with van der Waals surface area (Å²) in [4.78, 5) is 5.13. The van der Waals surface area contributed by atoms with Crippen molar-refractivity contribution in [2.75, 3.05) is 0 Å². The van der Waals surface area contributed by atoms with E-state index in [1.807, 2.05) is 60.8 Å². The number of benzene rings is 2. The van der Waals surface area contributed by atoms with Gasteiger partial charge in [0.15, 0.2) is 3.95 Å². The summed E-state index contributed by atoms with van der Waals surface area (Å²) in [5.41, 5.74) is 3.77. The first-order valence-electron chi connectivity index (χ1n) is 7.19. The average molecular weight is 415 g/mol. The van der Waals surface area contributed by atoms with E-state index in [-0.39, 0.29) is 5.88 Å². The zero-order chi connectivity index (χ0) is 16.7. The van der Waals surface area contributed by atoms with E-state index in [2.05, 4.69) is 20.9 Å². The third kappa shape index (κ3) is 2.66. The molecule has 2 aromatic carbocycles. The molecule has 2 heterocycles. The van der Waals surface area contributed by atoms with Crippen molar-refractivity contribution in [3.8, 4) is 11.6 Å². The highest BCUT2D eigenvalue weighted by atomic mass is 79.9. The maximum atomic E-state index is 10.6. The fourth-order valence-electron chi connectivity index (χ4n) is 2.60. The van der Waals surface area contributed by atoms with Crippen LogP contribution in [0.5, 0.6) is 5.88 Å². The minimum Gasteiger partial charge on any atom is -0.493 e. The number of fused-ring (bicyclic) bond motifs is 1. The van der Waals surface area contributed by atoms with Gasteiger partial charge in [0.05, 0.1) is 16.3 Å². The molecule has 1 N–H and O–H groups in total. The van der Waals surface area contributed by atoms with Gasteiger partial charge in [-0.05, 0) is 48.6 Å². The first-order chi connectivity index (χ1) is 11.6. The lowest BCUT2D eigenvalue weighted by Crippen LogP contribution is -1.92. The molecule has 0 fully saturated rings. The summed E-state index contributed by atoms with van der Waals surface area (Å²) in [6, 6.07) is 15.6. The number of aromatic hydroxyl groups is 1. The predicted molar refractivity (Wildman–Crippen MR) is 106 cm³/mol. The Kier molecular flexibility index (Phi) is 3.96. The summed E-state index contributed by atoms with van der Waals surface area (Å²) >= 11 is 10.3. The van der Waals surface area contributed by atoms with Gasteiger partial charge in [-0.25, -0.2) is 0 Å². The molecule has 0 saturated heterocycles. The first kappa shape index (κ1) is 15.5. The molecule has 1 aliphatic rings. The molecule has 0 unspecified atom stereocenters. The van der Waals surface area contributed by atoms with Crippen LogP contribution in [0.1, 0.15) is 10.4 Å². The van der Waals surface area contributed by atoms with Crippen molar-refractivity contribution in [3.63, 3.8) is 0 Å². The van der Waals surface area contributed by atoms with Gasteiger partial charge in [0.1, 0.15) is 0 Å². The van der Waals surface area contributed by atoms with E-state index in [1.54, 1.807) is 4.57 Å². The Morgan fingerprint density at radius 1 is 1.17 bits per heavy atom. The van der Waals surface area contributed by atoms with Crippen LogP contribution in [0.4, 0.5) is 5.69 Å². The Bertz CT molecular complexity index is 1050. The van der Waals surface area contributed by atoms with Crippen molar-refractivity contribution in [2.45, 2.75) is 0 Å². The highest BCUT2D eigenvalue weighted by Gasteiger charge is 2.16. The lowest BCUT2D eigenvalue weighted by atomic mass is 10.1. The molecule has 0 atom stereocenters. The molecular weight excluding hydrogens is 404 g/mol. The van der Waals surface area contributed by atoms with Crippen LogP contribution in [0.3, 0.4) is 0 Å². The highest BCUT2D eigenvalue weighted by Crippen LogP contribution is 2.38. The van der Waals surface area contributed by atoms with Crippen LogP contribution < -0.4 is 0 Å². The Balaban J connectivity index is 1.83. The molecule has 3 nitrogen and oxygen atoms in total. The summed E-state index contributed by atoms with van der Waals surface area (Å²) in [5.74, 6) is 0.153. The molecule has 1 aromatic heterocycles. The smallest absolute Gasteiger partial charge is 0.215 e. The normalized spacial score (nSPS) is 14.3. The van der Waals surface area contributed by atoms with Gasteiger partial charge in [0, 0.05) is 21.8 Å². The molecular formula is C18H11BrN2OS2. The number of nitrogens with zero attached hydrogens (tertiary/aromatic N) is 2. The molecule has 24 heavy (non-hydrogen) atoms. The molecule has 1 aliphatic heterocycles. The Hall–Kier alpha value is -2.02. The SMILES string of the molecule is Oc1c(/C=C2/C=Nc3ccc(Br)cc32)sc(=S)n1-c1ccccc1. The molecule has 0 bridgehead atoms. The number of aromatic nitrogens is 1. The minimum atomic E-state index is 0.153. The predicted octanol–water partition coefficient (Wildman–Crippen LogP) is 5.99. The van der Waals surface area contributed by atoms with Gasteiger partial charge in [-0.2, -0.15) is 0 Å². The largest absolute Gasteiger partial charge is 0.493 e. The first-order valence-corrected chi connectivity index (χ1v) is 9.21. The molecule has 0 aliphatic carbocycles. The fraction of sp³-hybridized carbons (Fsp3) is 0. The maximum Gasteiger partial charge on any atom is 0.215 e. The van der Waals surface area contributed by atoms with Crippen molar-refractivity contribution in [1.29, 1.82) is 0 Å². The Labute approximate surface area is 156 Å². The van der Waals surface area contributed by atoms with Crippen LogP contribution in [-0.2, 0) is 0 Å². The summed E-state index contributed by atoms with van der Waals surface area (Å²) in [6.07, 6.45) is 3.74. The second-order valence-electron chi connectivity index (χ2n) is 5.25. The quantitative estimate of drug-likeness (QED) is 0.522. The molecule has 0 saturated carbocycles. The molecule has 0 radical (unpaired) electrons. The topological polar surface area (TPSA) is 37.5 Å². The third-order valence-electron chi connectivity index (χ3n) is 3.73. The van der Waals surface area contributed by atoms with Gasteiger partial charge < -0.3 is 5.11 Å². The van der Waals surface area contributed by atoms with Crippen LogP contribution in [0.15, 0.2) is 58.0 Å². The lowest BCUT2D eigenvalue weighted by molar-refractivity contribution is 0.441. The fourth-order valence-corrected chi connectivity index (χ4v) is 4.26. The van der Waals surface area contributed by atoms with Crippen molar-refractivity contribution in [1.82, 2.24) is 4.57 Å². The number of halogens is 1. The van der Waals surface area contributed by atoms with Crippen LogP contribution in [0.25, 0.3) is 17.3 Å². The summed E-state index contributed by atoms with van der Waals surface area (Å²) in [5, 5.41) is 10.6. The highest BCUT2D eigenvalue weighted by molar-refractivity contribution is 9.10. The van der Waals surface area contributed by atoms with Crippen molar-refractivity contribution in [2.24, 2.45) is 4.99 Å². The monoisotopic (exact) mass is 414 g/mol. The van der Waals surface area contributed by atoms with Crippen LogP contribution in [0, 0.1) is 3.95 Å². The maximum absolute atomic E-state index is 10.6. The van der Waals surface area contributed by atoms with Gasteiger partial charge in [-0.15, -0.1) is 11.3 Å². The Morgan fingerprint density at radius 2 is 1.96 bits per heavy atom. The molecule has 3 aromatic rings. The van der Waals surface area contributed by atoms with E-state index in [4.69, 9.17) is 12.2 Å². The number of hydrogen-bond donors (Lipinski definition) is 1. The van der Waals surface area contributed by atoms with Crippen molar-refractivity contribution < 1.29 is 5.11 Å². The van der Waals surface area contributed by atoms with Crippen LogP contribution in [-0.4, -0.2) is 15.9 Å². The minimum absolute atomic E-state index is 0.153. The van der Waals surface area contributed by atoms with E-state index < -0.39 is 0 Å². The van der Waals surface area contributed by atoms with E-state index in [0.717, 1.165) is 31.9 Å². The molecule has 4 rings (SSSR count). The van der Waals surface area contributed by atoms with Crippen molar-refractivity contribution >= 4 is 63.0 Å². The average Bonchev–Trinajstić information content (AvgIpc) is 3.09. The van der Waals surface area contributed by atoms with Crippen LogP contribution in [0.2, 0.25) is 0 Å². The van der Waals surface area contributed by atoms with Crippen LogP contribution >= 0.6 is 39.5 Å².